The highest BCUT2D eigenvalue weighted by molar-refractivity contribution is 7.09. The summed E-state index contributed by atoms with van der Waals surface area (Å²) < 4.78 is 27.6. The minimum atomic E-state index is -0.532. The molecule has 1 aliphatic heterocycles. The van der Waals surface area contributed by atoms with Crippen molar-refractivity contribution in [3.8, 4) is 0 Å². The summed E-state index contributed by atoms with van der Waals surface area (Å²) in [6.45, 7) is 3.14. The fourth-order valence-corrected chi connectivity index (χ4v) is 4.05. The fourth-order valence-electron chi connectivity index (χ4n) is 3.22. The minimum Gasteiger partial charge on any atom is -0.392 e. The van der Waals surface area contributed by atoms with E-state index in [1.807, 2.05) is 10.3 Å². The summed E-state index contributed by atoms with van der Waals surface area (Å²) in [6.07, 6.45) is 3.11. The number of β-amino-alcohol motifs (C(OH)–C–C–N with tert-alkyl or cyclic N) is 1. The van der Waals surface area contributed by atoms with Crippen LogP contribution in [0, 0.1) is 11.6 Å². The summed E-state index contributed by atoms with van der Waals surface area (Å²) in [4.78, 5) is 6.62. The lowest BCUT2D eigenvalue weighted by atomic mass is 10.0. The van der Waals surface area contributed by atoms with Crippen molar-refractivity contribution in [3.05, 3.63) is 51.5 Å². The predicted molar refractivity (Wildman–Crippen MR) is 90.9 cm³/mol. The number of aromatic nitrogens is 1. The van der Waals surface area contributed by atoms with Gasteiger partial charge in [0.25, 0.3) is 0 Å². The lowest BCUT2D eigenvalue weighted by Crippen LogP contribution is -2.25. The van der Waals surface area contributed by atoms with Crippen LogP contribution in [0.15, 0.2) is 23.6 Å². The molecular formula is C18H22F2N2OS. The average Bonchev–Trinajstić information content (AvgIpc) is 3.14. The van der Waals surface area contributed by atoms with Gasteiger partial charge in [-0.15, -0.1) is 11.3 Å². The number of hydrogen-bond acceptors (Lipinski definition) is 4. The SMILES string of the molecule is CCCCc1nc(CN2C[C@@H](O)C[C@@H]2c2cc(F)ccc2F)cs1. The number of likely N-dealkylation sites (tertiary alicyclic amines) is 1. The van der Waals surface area contributed by atoms with Crippen LogP contribution in [0.4, 0.5) is 8.78 Å². The molecule has 0 aliphatic carbocycles. The number of halogens is 2. The molecule has 3 rings (SSSR count). The molecule has 0 unspecified atom stereocenters. The number of thiazole rings is 1. The van der Waals surface area contributed by atoms with Crippen LogP contribution in [0.25, 0.3) is 0 Å². The van der Waals surface area contributed by atoms with Gasteiger partial charge < -0.3 is 5.11 Å². The highest BCUT2D eigenvalue weighted by Gasteiger charge is 2.34. The Morgan fingerprint density at radius 1 is 1.38 bits per heavy atom. The number of rotatable bonds is 6. The van der Waals surface area contributed by atoms with Crippen molar-refractivity contribution >= 4 is 11.3 Å². The molecule has 0 spiro atoms. The second kappa shape index (κ2) is 7.68. The normalized spacial score (nSPS) is 21.5. The molecule has 6 heteroatoms. The Morgan fingerprint density at radius 2 is 2.21 bits per heavy atom. The van der Waals surface area contributed by atoms with Gasteiger partial charge in [0.1, 0.15) is 11.6 Å². The van der Waals surface area contributed by atoms with Gasteiger partial charge in [-0.1, -0.05) is 13.3 Å². The molecule has 24 heavy (non-hydrogen) atoms. The first-order valence-electron chi connectivity index (χ1n) is 8.37. The van der Waals surface area contributed by atoms with E-state index in [0.29, 0.717) is 25.1 Å². The van der Waals surface area contributed by atoms with E-state index >= 15 is 0 Å². The highest BCUT2D eigenvalue weighted by Crippen LogP contribution is 2.35. The van der Waals surface area contributed by atoms with Crippen LogP contribution < -0.4 is 0 Å². The lowest BCUT2D eigenvalue weighted by molar-refractivity contribution is 0.172. The van der Waals surface area contributed by atoms with Gasteiger partial charge in [-0.25, -0.2) is 13.8 Å². The molecule has 3 nitrogen and oxygen atoms in total. The van der Waals surface area contributed by atoms with E-state index in [9.17, 15) is 13.9 Å². The monoisotopic (exact) mass is 352 g/mol. The molecule has 2 heterocycles. The minimum absolute atomic E-state index is 0.313. The Kier molecular flexibility index (Phi) is 5.58. The Balaban J connectivity index is 1.76. The third-order valence-corrected chi connectivity index (χ3v) is 5.36. The second-order valence-corrected chi connectivity index (χ2v) is 7.28. The van der Waals surface area contributed by atoms with Crippen molar-refractivity contribution in [2.75, 3.05) is 6.54 Å². The molecule has 1 fully saturated rings. The molecule has 130 valence electrons. The summed E-state index contributed by atoms with van der Waals surface area (Å²) in [7, 11) is 0. The lowest BCUT2D eigenvalue weighted by Gasteiger charge is -2.24. The number of aliphatic hydroxyl groups excluding tert-OH is 1. The first-order chi connectivity index (χ1) is 11.6. The van der Waals surface area contributed by atoms with Crippen molar-refractivity contribution in [2.24, 2.45) is 0 Å². The molecular weight excluding hydrogens is 330 g/mol. The number of hydrogen-bond donors (Lipinski definition) is 1. The second-order valence-electron chi connectivity index (χ2n) is 6.34. The molecule has 1 N–H and O–H groups in total. The predicted octanol–water partition coefficient (Wildman–Crippen LogP) is 4.07. The van der Waals surface area contributed by atoms with Gasteiger partial charge in [0.15, 0.2) is 0 Å². The number of aliphatic hydroxyl groups is 1. The van der Waals surface area contributed by atoms with Crippen LogP contribution >= 0.6 is 11.3 Å². The zero-order chi connectivity index (χ0) is 17.1. The van der Waals surface area contributed by atoms with Gasteiger partial charge in [0.05, 0.1) is 16.8 Å². The summed E-state index contributed by atoms with van der Waals surface area (Å²) in [5.41, 5.74) is 1.25. The summed E-state index contributed by atoms with van der Waals surface area (Å²) >= 11 is 1.64. The topological polar surface area (TPSA) is 36.4 Å². The third-order valence-electron chi connectivity index (χ3n) is 4.41. The number of unbranched alkanes of at least 4 members (excludes halogenated alkanes) is 1. The molecule has 0 amide bonds. The van der Waals surface area contributed by atoms with Crippen LogP contribution in [0.2, 0.25) is 0 Å². The van der Waals surface area contributed by atoms with Crippen LogP contribution in [-0.2, 0) is 13.0 Å². The molecule has 0 saturated carbocycles. The van der Waals surface area contributed by atoms with Gasteiger partial charge >= 0.3 is 0 Å². The number of benzene rings is 1. The van der Waals surface area contributed by atoms with Crippen molar-refractivity contribution in [3.63, 3.8) is 0 Å². The van der Waals surface area contributed by atoms with Crippen molar-refractivity contribution in [2.45, 2.75) is 51.3 Å². The molecule has 1 aromatic heterocycles. The summed E-state index contributed by atoms with van der Waals surface area (Å²) in [5.74, 6) is -0.884. The Labute approximate surface area is 145 Å². The van der Waals surface area contributed by atoms with Crippen LogP contribution in [0.1, 0.15) is 48.5 Å². The van der Waals surface area contributed by atoms with E-state index in [0.717, 1.165) is 42.1 Å². The van der Waals surface area contributed by atoms with Crippen molar-refractivity contribution < 1.29 is 13.9 Å². The summed E-state index contributed by atoms with van der Waals surface area (Å²) in [6, 6.07) is 3.18. The largest absolute Gasteiger partial charge is 0.392 e. The zero-order valence-electron chi connectivity index (χ0n) is 13.7. The van der Waals surface area contributed by atoms with Gasteiger partial charge in [-0.2, -0.15) is 0 Å². The standard InChI is InChI=1S/C18H22F2N2OS/c1-2-3-4-18-21-13(11-24-18)9-22-10-14(23)8-17(22)15-7-12(19)5-6-16(15)20/h5-7,11,14,17,23H,2-4,8-10H2,1H3/t14-,17+/m0/s1. The van der Waals surface area contributed by atoms with Gasteiger partial charge in [0.2, 0.25) is 0 Å². The van der Waals surface area contributed by atoms with Crippen LogP contribution in [0.3, 0.4) is 0 Å². The van der Waals surface area contributed by atoms with Gasteiger partial charge in [-0.05, 0) is 37.5 Å². The molecule has 0 bridgehead atoms. The van der Waals surface area contributed by atoms with Crippen molar-refractivity contribution in [1.29, 1.82) is 0 Å². The van der Waals surface area contributed by atoms with E-state index in [2.05, 4.69) is 11.9 Å². The Bertz CT molecular complexity index is 691. The van der Waals surface area contributed by atoms with Gasteiger partial charge in [0, 0.05) is 30.1 Å². The quantitative estimate of drug-likeness (QED) is 0.851. The molecule has 2 aromatic rings. The number of nitrogens with zero attached hydrogens (tertiary/aromatic N) is 2. The first-order valence-corrected chi connectivity index (χ1v) is 9.25. The van der Waals surface area contributed by atoms with E-state index in [1.165, 1.54) is 6.07 Å². The van der Waals surface area contributed by atoms with Gasteiger partial charge in [-0.3, -0.25) is 4.90 Å². The smallest absolute Gasteiger partial charge is 0.128 e. The van der Waals surface area contributed by atoms with E-state index < -0.39 is 17.7 Å². The maximum Gasteiger partial charge on any atom is 0.128 e. The van der Waals surface area contributed by atoms with E-state index in [-0.39, 0.29) is 6.04 Å². The fraction of sp³-hybridized carbons (Fsp3) is 0.500. The third kappa shape index (κ3) is 3.99. The highest BCUT2D eigenvalue weighted by atomic mass is 32.1. The molecule has 1 saturated heterocycles. The average molecular weight is 352 g/mol. The maximum absolute atomic E-state index is 14.1. The molecule has 1 aromatic carbocycles. The Morgan fingerprint density at radius 3 is 3.00 bits per heavy atom. The molecule has 0 radical (unpaired) electrons. The van der Waals surface area contributed by atoms with E-state index in [4.69, 9.17) is 0 Å². The zero-order valence-corrected chi connectivity index (χ0v) is 14.5. The molecule has 2 atom stereocenters. The van der Waals surface area contributed by atoms with Crippen molar-refractivity contribution in [1.82, 2.24) is 9.88 Å². The number of aryl methyl sites for hydroxylation is 1. The van der Waals surface area contributed by atoms with E-state index in [1.54, 1.807) is 11.3 Å². The molecule has 1 aliphatic rings. The maximum atomic E-state index is 14.1. The summed E-state index contributed by atoms with van der Waals surface area (Å²) in [5, 5.41) is 13.1. The first kappa shape index (κ1) is 17.5. The Hall–Kier alpha value is -1.37. The van der Waals surface area contributed by atoms with Crippen LogP contribution in [-0.4, -0.2) is 27.6 Å². The van der Waals surface area contributed by atoms with Crippen LogP contribution in [0.5, 0.6) is 0 Å².